The summed E-state index contributed by atoms with van der Waals surface area (Å²) in [6.07, 6.45) is 0. The Kier molecular flexibility index (Phi) is 7.38. The zero-order valence-electron chi connectivity index (χ0n) is 37.3. The summed E-state index contributed by atoms with van der Waals surface area (Å²) in [6.45, 7) is 4.88. The van der Waals surface area contributed by atoms with Crippen LogP contribution in [0.5, 0.6) is 0 Å². The van der Waals surface area contributed by atoms with Crippen LogP contribution in [0.1, 0.15) is 25.0 Å². The van der Waals surface area contributed by atoms with Crippen LogP contribution in [-0.2, 0) is 5.41 Å². The molecule has 0 saturated heterocycles. The molecule has 310 valence electrons. The molecule has 0 atom stereocenters. The summed E-state index contributed by atoms with van der Waals surface area (Å²) in [6, 6.07) is 82.8. The van der Waals surface area contributed by atoms with Crippen molar-refractivity contribution in [1.29, 1.82) is 0 Å². The average molecular weight is 847 g/mol. The van der Waals surface area contributed by atoms with E-state index < -0.39 is 0 Å². The summed E-state index contributed by atoms with van der Waals surface area (Å²) in [5.74, 6) is 0. The van der Waals surface area contributed by atoms with Gasteiger partial charge in [-0.15, -0.1) is 0 Å². The van der Waals surface area contributed by atoms with E-state index in [0.29, 0.717) is 0 Å². The van der Waals surface area contributed by atoms with Crippen LogP contribution in [0.2, 0.25) is 0 Å². The lowest BCUT2D eigenvalue weighted by atomic mass is 9.80. The van der Waals surface area contributed by atoms with E-state index in [0.717, 1.165) is 0 Å². The van der Waals surface area contributed by atoms with Crippen LogP contribution in [0.3, 0.4) is 0 Å². The molecule has 1 aliphatic rings. The number of hydrogen-bond donors (Lipinski definition) is 0. The third-order valence-electron chi connectivity index (χ3n) is 15.7. The molecule has 0 unspecified atom stereocenters. The highest BCUT2D eigenvalue weighted by atomic mass is 14.4. The Morgan fingerprint density at radius 3 is 0.836 bits per heavy atom. The first-order valence-corrected chi connectivity index (χ1v) is 23.7. The molecule has 14 aromatic carbocycles. The van der Waals surface area contributed by atoms with Gasteiger partial charge in [0.2, 0.25) is 0 Å². The van der Waals surface area contributed by atoms with Crippen molar-refractivity contribution in [3.63, 3.8) is 0 Å². The van der Waals surface area contributed by atoms with Crippen LogP contribution < -0.4 is 0 Å². The zero-order valence-corrected chi connectivity index (χ0v) is 37.3. The van der Waals surface area contributed by atoms with Crippen molar-refractivity contribution >= 4 is 108 Å². The lowest BCUT2D eigenvalue weighted by molar-refractivity contribution is 0.662. The van der Waals surface area contributed by atoms with Gasteiger partial charge in [0.1, 0.15) is 0 Å². The van der Waals surface area contributed by atoms with Gasteiger partial charge in [-0.1, -0.05) is 184 Å². The van der Waals surface area contributed by atoms with E-state index in [9.17, 15) is 0 Å². The van der Waals surface area contributed by atoms with Crippen molar-refractivity contribution < 1.29 is 0 Å². The van der Waals surface area contributed by atoms with E-state index in [4.69, 9.17) is 0 Å². The van der Waals surface area contributed by atoms with Gasteiger partial charge in [0.05, 0.1) is 0 Å². The molecule has 0 radical (unpaired) electrons. The molecule has 0 aliphatic heterocycles. The van der Waals surface area contributed by atoms with Gasteiger partial charge in [0.25, 0.3) is 0 Å². The zero-order chi connectivity index (χ0) is 44.1. The molecule has 0 fully saturated rings. The lowest BCUT2D eigenvalue weighted by Gasteiger charge is -2.23. The van der Waals surface area contributed by atoms with E-state index in [-0.39, 0.29) is 5.41 Å². The second kappa shape index (κ2) is 13.4. The molecule has 0 amide bonds. The smallest absolute Gasteiger partial charge is 0.0159 e. The minimum absolute atomic E-state index is 0.216. The Hall–Kier alpha value is -8.32. The average Bonchev–Trinajstić information content (AvgIpc) is 3.59. The van der Waals surface area contributed by atoms with E-state index in [1.165, 1.54) is 152 Å². The molecular weight excluding hydrogens is 805 g/mol. The van der Waals surface area contributed by atoms with E-state index in [1.807, 2.05) is 0 Å². The van der Waals surface area contributed by atoms with Gasteiger partial charge in [-0.3, -0.25) is 0 Å². The molecule has 0 nitrogen and oxygen atoms in total. The lowest BCUT2D eigenvalue weighted by Crippen LogP contribution is -2.15. The van der Waals surface area contributed by atoms with Crippen LogP contribution in [0.4, 0.5) is 0 Å². The van der Waals surface area contributed by atoms with Gasteiger partial charge in [0, 0.05) is 5.41 Å². The highest BCUT2D eigenvalue weighted by Gasteiger charge is 2.37. The van der Waals surface area contributed by atoms with Gasteiger partial charge in [-0.25, -0.2) is 0 Å². The molecule has 0 bridgehead atoms. The topological polar surface area (TPSA) is 0 Å². The molecule has 0 aromatic heterocycles. The normalized spacial score (nSPS) is 13.3. The quantitative estimate of drug-likeness (QED) is 0.120. The van der Waals surface area contributed by atoms with Crippen LogP contribution >= 0.6 is 0 Å². The van der Waals surface area contributed by atoms with Crippen molar-refractivity contribution in [3.8, 4) is 33.4 Å². The maximum Gasteiger partial charge on any atom is 0.0159 e. The van der Waals surface area contributed by atoms with Crippen LogP contribution in [0, 0.1) is 0 Å². The summed E-state index contributed by atoms with van der Waals surface area (Å²) in [7, 11) is 0. The molecular formula is C67H42. The number of rotatable bonds is 2. The maximum atomic E-state index is 2.55. The summed E-state index contributed by atoms with van der Waals surface area (Å²) >= 11 is 0. The standard InChI is InChI=1S/C67H42/c1-67(2)63-37-59-53-29-27-43(65-45-19-7-3-15-39(45)31-40-16-4-8-20-46(40)65)33-55(53)49-23-11-13-25-51(49)57(59)35-61(63)62-36-58-52-26-14-12-24-50(52)56-34-44(28-30-54(56)60(58)38-64(62)67)66-47-21-9-5-17-41(47)32-42-18-6-10-22-48(42)66/h3-38H,1-2H3. The van der Waals surface area contributed by atoms with Crippen LogP contribution in [-0.4, -0.2) is 0 Å². The SMILES string of the molecule is CC1(C)c2cc3c4ccc(-c5c6ccccc6cc6ccccc56)cc4c4ccccc4c3cc2-c2cc3c4ccccc4c4cc(-c5c6ccccc6cc6ccccc56)ccc4c3cc21. The number of fused-ring (bicyclic) bond motifs is 19. The third kappa shape index (κ3) is 5.08. The van der Waals surface area contributed by atoms with Crippen LogP contribution in [0.25, 0.3) is 141 Å². The van der Waals surface area contributed by atoms with Crippen molar-refractivity contribution in [2.75, 3.05) is 0 Å². The maximum absolute atomic E-state index is 2.55. The van der Waals surface area contributed by atoms with Gasteiger partial charge in [-0.2, -0.15) is 0 Å². The molecule has 0 heterocycles. The second-order valence-electron chi connectivity index (χ2n) is 19.5. The van der Waals surface area contributed by atoms with Gasteiger partial charge >= 0.3 is 0 Å². The Bertz CT molecular complexity index is 4130. The minimum atomic E-state index is -0.216. The highest BCUT2D eigenvalue weighted by molar-refractivity contribution is 6.29. The van der Waals surface area contributed by atoms with Gasteiger partial charge in [-0.05, 0) is 201 Å². The summed E-state index contributed by atoms with van der Waals surface area (Å²) in [4.78, 5) is 0. The molecule has 14 aromatic rings. The summed E-state index contributed by atoms with van der Waals surface area (Å²) in [5, 5.41) is 25.8. The van der Waals surface area contributed by atoms with E-state index >= 15 is 0 Å². The van der Waals surface area contributed by atoms with Crippen molar-refractivity contribution in [3.05, 3.63) is 230 Å². The molecule has 0 N–H and O–H groups in total. The molecule has 15 rings (SSSR count). The summed E-state index contributed by atoms with van der Waals surface area (Å²) in [5.41, 5.74) is 10.4. The molecule has 0 saturated carbocycles. The second-order valence-corrected chi connectivity index (χ2v) is 19.5. The molecule has 67 heavy (non-hydrogen) atoms. The fourth-order valence-corrected chi connectivity index (χ4v) is 12.6. The Labute approximate surface area is 388 Å². The molecule has 1 aliphatic carbocycles. The number of benzene rings is 14. The Balaban J connectivity index is 0.964. The predicted octanol–water partition coefficient (Wildman–Crippen LogP) is 18.9. The highest BCUT2D eigenvalue weighted by Crippen LogP contribution is 2.54. The van der Waals surface area contributed by atoms with E-state index in [1.54, 1.807) is 0 Å². The van der Waals surface area contributed by atoms with Gasteiger partial charge in [0.15, 0.2) is 0 Å². The van der Waals surface area contributed by atoms with Crippen molar-refractivity contribution in [2.45, 2.75) is 19.3 Å². The Morgan fingerprint density at radius 1 is 0.224 bits per heavy atom. The first-order valence-electron chi connectivity index (χ1n) is 23.7. The Morgan fingerprint density at radius 2 is 0.493 bits per heavy atom. The minimum Gasteiger partial charge on any atom is -0.0616 e. The molecule has 0 heteroatoms. The van der Waals surface area contributed by atoms with Crippen molar-refractivity contribution in [2.24, 2.45) is 0 Å². The van der Waals surface area contributed by atoms with Gasteiger partial charge < -0.3 is 0 Å². The fourth-order valence-electron chi connectivity index (χ4n) is 12.6. The first-order chi connectivity index (χ1) is 33.0. The molecule has 0 spiro atoms. The predicted molar refractivity (Wildman–Crippen MR) is 290 cm³/mol. The first kappa shape index (κ1) is 37.0. The van der Waals surface area contributed by atoms with Crippen LogP contribution in [0.15, 0.2) is 218 Å². The largest absolute Gasteiger partial charge is 0.0616 e. The number of hydrogen-bond acceptors (Lipinski definition) is 0. The van der Waals surface area contributed by atoms with Crippen molar-refractivity contribution in [1.82, 2.24) is 0 Å². The fraction of sp³-hybridized carbons (Fsp3) is 0.0448. The summed E-state index contributed by atoms with van der Waals surface area (Å²) < 4.78 is 0. The van der Waals surface area contributed by atoms with E-state index in [2.05, 4.69) is 232 Å². The monoisotopic (exact) mass is 846 g/mol. The third-order valence-corrected chi connectivity index (χ3v) is 15.7.